The summed E-state index contributed by atoms with van der Waals surface area (Å²) in [6.07, 6.45) is 1.63. The van der Waals surface area contributed by atoms with Crippen LogP contribution in [-0.4, -0.2) is 21.5 Å². The summed E-state index contributed by atoms with van der Waals surface area (Å²) >= 11 is 6.37. The molecule has 1 aliphatic rings. The molecule has 8 heteroatoms. The van der Waals surface area contributed by atoms with Crippen LogP contribution < -0.4 is 11.5 Å². The molecule has 0 spiro atoms. The third kappa shape index (κ3) is 4.00. The molecule has 29 heavy (non-hydrogen) atoms. The lowest BCUT2D eigenvalue weighted by molar-refractivity contribution is 0.250. The molecule has 3 aromatic rings. The van der Waals surface area contributed by atoms with Crippen molar-refractivity contribution in [1.82, 2.24) is 15.0 Å². The second-order valence-electron chi connectivity index (χ2n) is 6.90. The summed E-state index contributed by atoms with van der Waals surface area (Å²) in [6.45, 7) is 3.54. The normalized spacial score (nSPS) is 13.7. The molecule has 0 atom stereocenters. The van der Waals surface area contributed by atoms with Crippen LogP contribution in [0.2, 0.25) is 5.02 Å². The van der Waals surface area contributed by atoms with Crippen molar-refractivity contribution < 1.29 is 0 Å². The van der Waals surface area contributed by atoms with Crippen LogP contribution in [0.3, 0.4) is 0 Å². The Balaban J connectivity index is 1.63. The summed E-state index contributed by atoms with van der Waals surface area (Å²) in [6, 6.07) is 13.9. The van der Waals surface area contributed by atoms with E-state index in [4.69, 9.17) is 23.1 Å². The first kappa shape index (κ1) is 19.1. The molecule has 0 radical (unpaired) electrons. The SMILES string of the molecule is CCc1nc(N)nc(N)c1-c1ccc(Cl)c(N=NN2CCc3ccccc3C2)c1. The Bertz CT molecular complexity index is 1080. The van der Waals surface area contributed by atoms with Gasteiger partial charge in [-0.2, -0.15) is 4.98 Å². The highest BCUT2D eigenvalue weighted by Crippen LogP contribution is 2.35. The Labute approximate surface area is 174 Å². The van der Waals surface area contributed by atoms with E-state index < -0.39 is 0 Å². The molecule has 4 rings (SSSR count). The first-order valence-electron chi connectivity index (χ1n) is 9.50. The van der Waals surface area contributed by atoms with Gasteiger partial charge in [0.05, 0.1) is 17.3 Å². The highest BCUT2D eigenvalue weighted by molar-refractivity contribution is 6.33. The van der Waals surface area contributed by atoms with E-state index >= 15 is 0 Å². The van der Waals surface area contributed by atoms with Crippen molar-refractivity contribution in [2.24, 2.45) is 10.3 Å². The molecule has 0 saturated carbocycles. The maximum atomic E-state index is 6.37. The second kappa shape index (κ2) is 8.05. The number of aryl methyl sites for hydroxylation is 1. The van der Waals surface area contributed by atoms with E-state index in [0.29, 0.717) is 22.9 Å². The third-order valence-electron chi connectivity index (χ3n) is 4.99. The van der Waals surface area contributed by atoms with E-state index in [9.17, 15) is 0 Å². The van der Waals surface area contributed by atoms with Crippen molar-refractivity contribution in [3.63, 3.8) is 0 Å². The van der Waals surface area contributed by atoms with Crippen molar-refractivity contribution in [1.29, 1.82) is 0 Å². The van der Waals surface area contributed by atoms with Crippen molar-refractivity contribution in [2.75, 3.05) is 18.0 Å². The molecule has 0 unspecified atom stereocenters. The number of anilines is 2. The molecule has 0 aliphatic carbocycles. The van der Waals surface area contributed by atoms with Gasteiger partial charge < -0.3 is 11.5 Å². The fourth-order valence-corrected chi connectivity index (χ4v) is 3.69. The summed E-state index contributed by atoms with van der Waals surface area (Å²) in [5.74, 6) is 0.509. The Hall–Kier alpha value is -3.19. The summed E-state index contributed by atoms with van der Waals surface area (Å²) in [4.78, 5) is 8.41. The maximum absolute atomic E-state index is 6.37. The van der Waals surface area contributed by atoms with E-state index in [0.717, 1.165) is 36.3 Å². The molecule has 0 saturated heterocycles. The van der Waals surface area contributed by atoms with E-state index in [-0.39, 0.29) is 5.95 Å². The standard InChI is InChI=1S/C21H22ClN7/c1-2-17-19(20(23)26-21(24)25-17)14-7-8-16(22)18(11-14)27-28-29-10-9-13-5-3-4-6-15(13)12-29/h3-8,11H,2,9-10,12H2,1H3,(H4,23,24,25,26). The van der Waals surface area contributed by atoms with Gasteiger partial charge in [0.15, 0.2) is 0 Å². The van der Waals surface area contributed by atoms with Gasteiger partial charge in [-0.05, 0) is 41.7 Å². The van der Waals surface area contributed by atoms with Crippen LogP contribution in [0.15, 0.2) is 52.8 Å². The number of halogens is 1. The first-order valence-corrected chi connectivity index (χ1v) is 9.88. The maximum Gasteiger partial charge on any atom is 0.222 e. The number of nitrogens with two attached hydrogens (primary N) is 2. The molecule has 148 valence electrons. The predicted molar refractivity (Wildman–Crippen MR) is 116 cm³/mol. The molecule has 0 fully saturated rings. The fraction of sp³-hybridized carbons (Fsp3) is 0.238. The van der Waals surface area contributed by atoms with Crippen molar-refractivity contribution in [3.05, 3.63) is 64.3 Å². The van der Waals surface area contributed by atoms with E-state index in [2.05, 4.69) is 38.5 Å². The average molecular weight is 408 g/mol. The lowest BCUT2D eigenvalue weighted by Crippen LogP contribution is -2.25. The fourth-order valence-electron chi connectivity index (χ4n) is 3.53. The molecule has 1 aromatic heterocycles. The molecule has 0 bridgehead atoms. The number of nitrogen functional groups attached to an aromatic ring is 2. The van der Waals surface area contributed by atoms with Crippen LogP contribution in [0, 0.1) is 0 Å². The summed E-state index contributed by atoms with van der Waals surface area (Å²) in [5, 5.41) is 11.3. The molecule has 2 heterocycles. The minimum Gasteiger partial charge on any atom is -0.383 e. The summed E-state index contributed by atoms with van der Waals surface area (Å²) < 4.78 is 0. The van der Waals surface area contributed by atoms with E-state index in [1.165, 1.54) is 11.1 Å². The monoisotopic (exact) mass is 407 g/mol. The van der Waals surface area contributed by atoms with Crippen LogP contribution in [0.25, 0.3) is 11.1 Å². The molecule has 0 amide bonds. The number of rotatable bonds is 4. The van der Waals surface area contributed by atoms with Crippen LogP contribution in [0.1, 0.15) is 23.7 Å². The van der Waals surface area contributed by atoms with Crippen molar-refractivity contribution in [2.45, 2.75) is 26.3 Å². The smallest absolute Gasteiger partial charge is 0.222 e. The largest absolute Gasteiger partial charge is 0.383 e. The molecule has 7 nitrogen and oxygen atoms in total. The Kier molecular flexibility index (Phi) is 5.31. The molecular formula is C21H22ClN7. The van der Waals surface area contributed by atoms with E-state index in [1.54, 1.807) is 6.07 Å². The van der Waals surface area contributed by atoms with Crippen molar-refractivity contribution >= 4 is 29.1 Å². The summed E-state index contributed by atoms with van der Waals surface area (Å²) in [5.41, 5.74) is 17.4. The zero-order valence-corrected chi connectivity index (χ0v) is 16.9. The number of benzene rings is 2. The molecule has 2 aromatic carbocycles. The van der Waals surface area contributed by atoms with Gasteiger partial charge in [0.2, 0.25) is 5.95 Å². The Morgan fingerprint density at radius 1 is 1.10 bits per heavy atom. The zero-order valence-electron chi connectivity index (χ0n) is 16.1. The van der Waals surface area contributed by atoms with Gasteiger partial charge in [-0.3, -0.25) is 5.01 Å². The van der Waals surface area contributed by atoms with Gasteiger partial charge in [0, 0.05) is 12.1 Å². The number of hydrogen-bond donors (Lipinski definition) is 2. The Morgan fingerprint density at radius 2 is 1.90 bits per heavy atom. The minimum atomic E-state index is 0.169. The number of nitrogens with zero attached hydrogens (tertiary/aromatic N) is 5. The van der Waals surface area contributed by atoms with Crippen LogP contribution in [0.5, 0.6) is 0 Å². The third-order valence-corrected chi connectivity index (χ3v) is 5.31. The van der Waals surface area contributed by atoms with Gasteiger partial charge in [0.1, 0.15) is 11.5 Å². The quantitative estimate of drug-likeness (QED) is 0.615. The lowest BCUT2D eigenvalue weighted by Gasteiger charge is -2.25. The number of aromatic nitrogens is 2. The van der Waals surface area contributed by atoms with Crippen LogP contribution >= 0.6 is 11.6 Å². The second-order valence-corrected chi connectivity index (χ2v) is 7.31. The average Bonchev–Trinajstić information content (AvgIpc) is 2.72. The molecule has 4 N–H and O–H groups in total. The van der Waals surface area contributed by atoms with E-state index in [1.807, 2.05) is 30.1 Å². The van der Waals surface area contributed by atoms with Gasteiger partial charge in [-0.15, -0.1) is 5.11 Å². The van der Waals surface area contributed by atoms with Crippen LogP contribution in [0.4, 0.5) is 17.5 Å². The molecular weight excluding hydrogens is 386 g/mol. The topological polar surface area (TPSA) is 106 Å². The lowest BCUT2D eigenvalue weighted by atomic mass is 10.0. The Morgan fingerprint density at radius 3 is 2.69 bits per heavy atom. The van der Waals surface area contributed by atoms with Gasteiger partial charge in [-0.1, -0.05) is 54.1 Å². The van der Waals surface area contributed by atoms with Crippen LogP contribution in [-0.2, 0) is 19.4 Å². The van der Waals surface area contributed by atoms with Gasteiger partial charge in [0.25, 0.3) is 0 Å². The molecule has 1 aliphatic heterocycles. The zero-order chi connectivity index (χ0) is 20.4. The van der Waals surface area contributed by atoms with Crippen molar-refractivity contribution in [3.8, 4) is 11.1 Å². The highest BCUT2D eigenvalue weighted by atomic mass is 35.5. The first-order chi connectivity index (χ1) is 14.0. The summed E-state index contributed by atoms with van der Waals surface area (Å²) in [7, 11) is 0. The highest BCUT2D eigenvalue weighted by Gasteiger charge is 2.16. The minimum absolute atomic E-state index is 0.169. The van der Waals surface area contributed by atoms with Gasteiger partial charge >= 0.3 is 0 Å². The van der Waals surface area contributed by atoms with Gasteiger partial charge in [-0.25, -0.2) is 4.98 Å². The number of fused-ring (bicyclic) bond motifs is 1. The predicted octanol–water partition coefficient (Wildman–Crippen LogP) is 4.58. The number of hydrogen-bond acceptors (Lipinski definition) is 6.